The summed E-state index contributed by atoms with van der Waals surface area (Å²) in [5.41, 5.74) is 2.29. The van der Waals surface area contributed by atoms with Gasteiger partial charge in [-0.2, -0.15) is 0 Å². The predicted molar refractivity (Wildman–Crippen MR) is 144 cm³/mol. The van der Waals surface area contributed by atoms with Crippen molar-refractivity contribution in [1.82, 2.24) is 9.97 Å². The van der Waals surface area contributed by atoms with Gasteiger partial charge in [0.15, 0.2) is 5.82 Å². The van der Waals surface area contributed by atoms with Gasteiger partial charge in [-0.3, -0.25) is 0 Å². The van der Waals surface area contributed by atoms with E-state index in [1.54, 1.807) is 0 Å². The predicted octanol–water partition coefficient (Wildman–Crippen LogP) is 9.06. The van der Waals surface area contributed by atoms with Crippen LogP contribution in [-0.2, 0) is 6.42 Å². The molecule has 1 aliphatic carbocycles. The van der Waals surface area contributed by atoms with Crippen molar-refractivity contribution in [3.63, 3.8) is 0 Å². The van der Waals surface area contributed by atoms with E-state index < -0.39 is 0 Å². The first-order valence-electron chi connectivity index (χ1n) is 14.2. The lowest BCUT2D eigenvalue weighted by Crippen LogP contribution is -2.20. The van der Waals surface area contributed by atoms with Crippen LogP contribution in [-0.4, -0.2) is 16.6 Å². The SMILES string of the molecule is CCCCCC1CCCCC1CCCOc1ccc(-c2ncc(CCCC(C)CC)cn2)cc1. The fraction of sp³-hybridized carbons (Fsp3) is 0.677. The molecule has 1 aromatic carbocycles. The van der Waals surface area contributed by atoms with Crippen molar-refractivity contribution in [3.05, 3.63) is 42.2 Å². The van der Waals surface area contributed by atoms with Crippen molar-refractivity contribution in [2.24, 2.45) is 17.8 Å². The van der Waals surface area contributed by atoms with Crippen LogP contribution in [0.1, 0.15) is 110 Å². The van der Waals surface area contributed by atoms with E-state index in [9.17, 15) is 0 Å². The van der Waals surface area contributed by atoms with Gasteiger partial charge in [0.05, 0.1) is 6.61 Å². The summed E-state index contributed by atoms with van der Waals surface area (Å²) < 4.78 is 6.07. The fourth-order valence-electron chi connectivity index (χ4n) is 5.43. The lowest BCUT2D eigenvalue weighted by Gasteiger charge is -2.31. The summed E-state index contributed by atoms with van der Waals surface area (Å²) in [6, 6.07) is 8.29. The molecule has 3 rings (SSSR count). The maximum absolute atomic E-state index is 6.07. The molecule has 188 valence electrons. The quantitative estimate of drug-likeness (QED) is 0.247. The summed E-state index contributed by atoms with van der Waals surface area (Å²) in [6.07, 6.45) is 22.7. The Morgan fingerprint density at radius 1 is 0.882 bits per heavy atom. The van der Waals surface area contributed by atoms with Crippen LogP contribution in [0.4, 0.5) is 0 Å². The van der Waals surface area contributed by atoms with Crippen molar-refractivity contribution >= 4 is 0 Å². The molecule has 0 aliphatic heterocycles. The van der Waals surface area contributed by atoms with Gasteiger partial charge in [-0.1, -0.05) is 85.0 Å². The minimum atomic E-state index is 0.795. The number of ether oxygens (including phenoxy) is 1. The maximum atomic E-state index is 6.07. The van der Waals surface area contributed by atoms with E-state index in [0.717, 1.165) is 54.3 Å². The Labute approximate surface area is 209 Å². The number of aryl methyl sites for hydroxylation is 1. The number of benzene rings is 1. The Bertz CT molecular complexity index is 786. The molecule has 3 heteroatoms. The van der Waals surface area contributed by atoms with Gasteiger partial charge in [-0.25, -0.2) is 9.97 Å². The molecule has 3 nitrogen and oxygen atoms in total. The molecule has 1 fully saturated rings. The van der Waals surface area contributed by atoms with Gasteiger partial charge in [0.2, 0.25) is 0 Å². The molecule has 3 unspecified atom stereocenters. The highest BCUT2D eigenvalue weighted by Crippen LogP contribution is 2.36. The Kier molecular flexibility index (Phi) is 11.9. The van der Waals surface area contributed by atoms with Gasteiger partial charge in [-0.05, 0) is 73.3 Å². The van der Waals surface area contributed by atoms with Gasteiger partial charge in [-0.15, -0.1) is 0 Å². The van der Waals surface area contributed by atoms with Gasteiger partial charge in [0.1, 0.15) is 5.75 Å². The number of rotatable bonds is 15. The smallest absolute Gasteiger partial charge is 0.159 e. The normalized spacial score (nSPS) is 19.1. The van der Waals surface area contributed by atoms with E-state index in [-0.39, 0.29) is 0 Å². The zero-order chi connectivity index (χ0) is 24.0. The third-order valence-corrected chi connectivity index (χ3v) is 7.91. The van der Waals surface area contributed by atoms with Crippen LogP contribution in [0.3, 0.4) is 0 Å². The van der Waals surface area contributed by atoms with Crippen molar-refractivity contribution in [1.29, 1.82) is 0 Å². The first-order valence-corrected chi connectivity index (χ1v) is 14.2. The molecular formula is C31H48N2O. The molecule has 1 aromatic heterocycles. The van der Waals surface area contributed by atoms with Gasteiger partial charge in [0, 0.05) is 18.0 Å². The highest BCUT2D eigenvalue weighted by Gasteiger charge is 2.24. The van der Waals surface area contributed by atoms with Gasteiger partial charge < -0.3 is 4.74 Å². The summed E-state index contributed by atoms with van der Waals surface area (Å²) in [4.78, 5) is 9.21. The van der Waals surface area contributed by atoms with Crippen LogP contribution in [0.25, 0.3) is 11.4 Å². The lowest BCUT2D eigenvalue weighted by atomic mass is 9.74. The minimum Gasteiger partial charge on any atom is -0.494 e. The summed E-state index contributed by atoms with van der Waals surface area (Å²) >= 11 is 0. The Morgan fingerprint density at radius 2 is 1.56 bits per heavy atom. The van der Waals surface area contributed by atoms with E-state index in [1.165, 1.54) is 82.6 Å². The largest absolute Gasteiger partial charge is 0.494 e. The summed E-state index contributed by atoms with van der Waals surface area (Å²) in [5, 5.41) is 0. The molecular weight excluding hydrogens is 416 g/mol. The third-order valence-electron chi connectivity index (χ3n) is 7.91. The second-order valence-electron chi connectivity index (χ2n) is 10.6. The molecule has 1 aliphatic rings. The summed E-state index contributed by atoms with van der Waals surface area (Å²) in [7, 11) is 0. The van der Waals surface area contributed by atoms with Crippen molar-refractivity contribution in [2.75, 3.05) is 6.61 Å². The number of hydrogen-bond acceptors (Lipinski definition) is 3. The Balaban J connectivity index is 1.39. The number of hydrogen-bond donors (Lipinski definition) is 0. The molecule has 0 amide bonds. The average Bonchev–Trinajstić information content (AvgIpc) is 2.88. The van der Waals surface area contributed by atoms with Crippen LogP contribution in [0.5, 0.6) is 5.75 Å². The molecule has 0 bridgehead atoms. The van der Waals surface area contributed by atoms with Crippen LogP contribution in [0.15, 0.2) is 36.7 Å². The molecule has 0 radical (unpaired) electrons. The second kappa shape index (κ2) is 15.2. The highest BCUT2D eigenvalue weighted by molar-refractivity contribution is 5.55. The third kappa shape index (κ3) is 9.04. The van der Waals surface area contributed by atoms with Gasteiger partial charge in [0.25, 0.3) is 0 Å². The van der Waals surface area contributed by atoms with Crippen molar-refractivity contribution < 1.29 is 4.74 Å². The van der Waals surface area contributed by atoms with Crippen LogP contribution < -0.4 is 4.74 Å². The van der Waals surface area contributed by atoms with E-state index in [1.807, 2.05) is 12.4 Å². The second-order valence-corrected chi connectivity index (χ2v) is 10.6. The van der Waals surface area contributed by atoms with E-state index in [2.05, 4.69) is 55.0 Å². The standard InChI is InChI=1S/C31H48N2O/c1-4-6-7-14-27-15-8-9-16-28(27)17-11-22-34-30-20-18-29(19-21-30)31-32-23-26(24-33-31)13-10-12-25(3)5-2/h18-21,23-25,27-28H,4-17,22H2,1-3H3. The van der Waals surface area contributed by atoms with Crippen LogP contribution in [0, 0.1) is 17.8 Å². The molecule has 2 aromatic rings. The topological polar surface area (TPSA) is 35.0 Å². The van der Waals surface area contributed by atoms with E-state index >= 15 is 0 Å². The maximum Gasteiger partial charge on any atom is 0.159 e. The molecule has 1 saturated carbocycles. The number of aromatic nitrogens is 2. The zero-order valence-electron chi connectivity index (χ0n) is 22.1. The molecule has 0 spiro atoms. The molecule has 0 saturated heterocycles. The Hall–Kier alpha value is -1.90. The average molecular weight is 465 g/mol. The Morgan fingerprint density at radius 3 is 2.21 bits per heavy atom. The zero-order valence-corrected chi connectivity index (χ0v) is 22.1. The first kappa shape index (κ1) is 26.7. The lowest BCUT2D eigenvalue weighted by molar-refractivity contribution is 0.190. The first-order chi connectivity index (χ1) is 16.7. The highest BCUT2D eigenvalue weighted by atomic mass is 16.5. The van der Waals surface area contributed by atoms with Crippen molar-refractivity contribution in [2.45, 2.75) is 111 Å². The molecule has 0 N–H and O–H groups in total. The molecule has 1 heterocycles. The summed E-state index contributed by atoms with van der Waals surface area (Å²) in [6.45, 7) is 7.72. The summed E-state index contributed by atoms with van der Waals surface area (Å²) in [5.74, 6) is 4.44. The minimum absolute atomic E-state index is 0.795. The number of nitrogens with zero attached hydrogens (tertiary/aromatic N) is 2. The number of unbranched alkanes of at least 4 members (excludes halogenated alkanes) is 2. The van der Waals surface area contributed by atoms with Crippen LogP contribution >= 0.6 is 0 Å². The monoisotopic (exact) mass is 464 g/mol. The fourth-order valence-corrected chi connectivity index (χ4v) is 5.43. The van der Waals surface area contributed by atoms with Gasteiger partial charge >= 0.3 is 0 Å². The van der Waals surface area contributed by atoms with Crippen LogP contribution in [0.2, 0.25) is 0 Å². The van der Waals surface area contributed by atoms with E-state index in [0.29, 0.717) is 0 Å². The molecule has 3 atom stereocenters. The van der Waals surface area contributed by atoms with E-state index in [4.69, 9.17) is 4.74 Å². The van der Waals surface area contributed by atoms with Crippen molar-refractivity contribution in [3.8, 4) is 17.1 Å². The molecule has 34 heavy (non-hydrogen) atoms.